The number of carboxylic acid groups (broad SMARTS) is 1. The van der Waals surface area contributed by atoms with E-state index >= 15 is 0 Å². The fraction of sp³-hybridized carbons (Fsp3) is 0.231. The number of hydrogen-bond acceptors (Lipinski definition) is 6. The Labute approximate surface area is 212 Å². The average molecular weight is 527 g/mol. The number of nitrogens with zero attached hydrogens (tertiary/aromatic N) is 2. The molecule has 0 saturated carbocycles. The van der Waals surface area contributed by atoms with Crippen molar-refractivity contribution in [2.45, 2.75) is 43.5 Å². The summed E-state index contributed by atoms with van der Waals surface area (Å²) in [4.78, 5) is 15.2. The lowest BCUT2D eigenvalue weighted by molar-refractivity contribution is -0.139. The highest BCUT2D eigenvalue weighted by Crippen LogP contribution is 2.29. The molecular formula is C26H26N2O6S2. The van der Waals surface area contributed by atoms with Crippen LogP contribution in [0.3, 0.4) is 0 Å². The van der Waals surface area contributed by atoms with E-state index in [1.807, 2.05) is 39.8 Å². The van der Waals surface area contributed by atoms with Crippen LogP contribution >= 0.6 is 0 Å². The van der Waals surface area contributed by atoms with Gasteiger partial charge in [-0.15, -0.1) is 0 Å². The molecule has 1 heterocycles. The number of aryl methyl sites for hydroxylation is 2. The molecule has 0 aliphatic rings. The number of ether oxygens (including phenoxy) is 1. The normalized spacial score (nSPS) is 12.6. The third kappa shape index (κ3) is 4.91. The smallest absolute Gasteiger partial charge is 0.341 e. The summed E-state index contributed by atoms with van der Waals surface area (Å²) >= 11 is 0. The number of imidazole rings is 1. The quantitative estimate of drug-likeness (QED) is 0.364. The Morgan fingerprint density at radius 3 is 2.36 bits per heavy atom. The van der Waals surface area contributed by atoms with Crippen LogP contribution in [-0.2, 0) is 31.4 Å². The maximum Gasteiger partial charge on any atom is 0.341 e. The van der Waals surface area contributed by atoms with Crippen molar-refractivity contribution in [1.82, 2.24) is 8.96 Å². The highest BCUT2D eigenvalue weighted by Gasteiger charge is 2.28. The molecule has 0 spiro atoms. The summed E-state index contributed by atoms with van der Waals surface area (Å²) in [5, 5.41) is 8.72. The number of carbonyl (C=O) groups is 1. The molecular weight excluding hydrogens is 500 g/mol. The molecule has 0 radical (unpaired) electrons. The van der Waals surface area contributed by atoms with Gasteiger partial charge in [-0.2, -0.15) is 0 Å². The van der Waals surface area contributed by atoms with Gasteiger partial charge in [-0.05, 0) is 91.9 Å². The molecule has 0 amide bonds. The number of aliphatic carboxylic acids is 1. The summed E-state index contributed by atoms with van der Waals surface area (Å²) < 4.78 is 47.3. The molecule has 36 heavy (non-hydrogen) atoms. The molecule has 0 saturated heterocycles. The van der Waals surface area contributed by atoms with Gasteiger partial charge in [0, 0.05) is 0 Å². The van der Waals surface area contributed by atoms with Gasteiger partial charge in [-0.25, -0.2) is 22.2 Å². The van der Waals surface area contributed by atoms with Crippen LogP contribution in [0.5, 0.6) is 5.75 Å². The Balaban J connectivity index is 1.80. The Hall–Kier alpha value is -3.50. The predicted octanol–water partition coefficient (Wildman–Crippen LogP) is 4.28. The van der Waals surface area contributed by atoms with Crippen molar-refractivity contribution in [3.8, 4) is 5.75 Å². The van der Waals surface area contributed by atoms with Gasteiger partial charge in [-0.3, -0.25) is 4.21 Å². The summed E-state index contributed by atoms with van der Waals surface area (Å²) in [6.07, 6.45) is 0. The lowest BCUT2D eigenvalue weighted by Gasteiger charge is -2.13. The second-order valence-electron chi connectivity index (χ2n) is 8.59. The van der Waals surface area contributed by atoms with Gasteiger partial charge in [0.15, 0.2) is 6.61 Å². The molecule has 1 atom stereocenters. The number of carboxylic acids is 1. The third-order valence-corrected chi connectivity index (χ3v) is 9.21. The predicted molar refractivity (Wildman–Crippen MR) is 137 cm³/mol. The second kappa shape index (κ2) is 9.87. The molecule has 0 aliphatic carbocycles. The molecule has 0 bridgehead atoms. The van der Waals surface area contributed by atoms with Crippen LogP contribution in [0.1, 0.15) is 27.8 Å². The molecule has 8 nitrogen and oxygen atoms in total. The number of rotatable bonds is 8. The van der Waals surface area contributed by atoms with Gasteiger partial charge in [0.2, 0.25) is 5.16 Å². The SMILES string of the molecule is Cc1ccc2c(c1)nc(S(=O)Cc1ccc(C)c(C)c1C)n2S(=O)(=O)c1ccc(OCC(=O)O)cc1. The van der Waals surface area contributed by atoms with Crippen LogP contribution < -0.4 is 4.74 Å². The van der Waals surface area contributed by atoms with Crippen LogP contribution in [0.4, 0.5) is 0 Å². The maximum atomic E-state index is 13.8. The first kappa shape index (κ1) is 25.6. The van der Waals surface area contributed by atoms with Crippen molar-refractivity contribution in [2.24, 2.45) is 0 Å². The molecule has 0 aliphatic heterocycles. The van der Waals surface area contributed by atoms with E-state index in [0.717, 1.165) is 31.8 Å². The molecule has 1 unspecified atom stereocenters. The van der Waals surface area contributed by atoms with E-state index in [1.54, 1.807) is 18.2 Å². The van der Waals surface area contributed by atoms with Gasteiger partial charge < -0.3 is 9.84 Å². The summed E-state index contributed by atoms with van der Waals surface area (Å²) in [6.45, 7) is 7.31. The maximum absolute atomic E-state index is 13.8. The first-order valence-corrected chi connectivity index (χ1v) is 13.9. The highest BCUT2D eigenvalue weighted by atomic mass is 32.2. The molecule has 0 fully saturated rings. The van der Waals surface area contributed by atoms with Crippen molar-refractivity contribution < 1.29 is 27.3 Å². The van der Waals surface area contributed by atoms with E-state index in [0.29, 0.717) is 11.0 Å². The zero-order valence-electron chi connectivity index (χ0n) is 20.3. The largest absolute Gasteiger partial charge is 0.482 e. The fourth-order valence-electron chi connectivity index (χ4n) is 3.85. The van der Waals surface area contributed by atoms with Crippen LogP contribution in [0.2, 0.25) is 0 Å². The van der Waals surface area contributed by atoms with Crippen molar-refractivity contribution >= 4 is 37.8 Å². The van der Waals surface area contributed by atoms with E-state index in [4.69, 9.17) is 9.84 Å². The van der Waals surface area contributed by atoms with Crippen molar-refractivity contribution in [3.63, 3.8) is 0 Å². The van der Waals surface area contributed by atoms with Crippen molar-refractivity contribution in [3.05, 3.63) is 82.4 Å². The average Bonchev–Trinajstić information content (AvgIpc) is 3.23. The molecule has 188 valence electrons. The summed E-state index contributed by atoms with van der Waals surface area (Å²) in [5.41, 5.74) is 5.76. The minimum absolute atomic E-state index is 0.0561. The molecule has 10 heteroatoms. The van der Waals surface area contributed by atoms with Crippen LogP contribution in [0, 0.1) is 27.7 Å². The molecule has 1 N–H and O–H groups in total. The highest BCUT2D eigenvalue weighted by molar-refractivity contribution is 7.91. The second-order valence-corrected chi connectivity index (χ2v) is 11.7. The lowest BCUT2D eigenvalue weighted by atomic mass is 10.00. The Kier molecular flexibility index (Phi) is 7.01. The minimum atomic E-state index is -4.19. The van der Waals surface area contributed by atoms with Crippen LogP contribution in [0.25, 0.3) is 11.0 Å². The van der Waals surface area contributed by atoms with E-state index in [1.165, 1.54) is 24.3 Å². The third-order valence-electron chi connectivity index (χ3n) is 6.12. The first-order valence-electron chi connectivity index (χ1n) is 11.1. The van der Waals surface area contributed by atoms with Crippen LogP contribution in [0.15, 0.2) is 64.6 Å². The van der Waals surface area contributed by atoms with E-state index < -0.39 is 33.4 Å². The van der Waals surface area contributed by atoms with Crippen LogP contribution in [-0.4, -0.2) is 39.3 Å². The summed E-state index contributed by atoms with van der Waals surface area (Å²) in [7, 11) is -5.95. The monoisotopic (exact) mass is 526 g/mol. The molecule has 4 rings (SSSR count). The number of fused-ring (bicyclic) bond motifs is 1. The first-order chi connectivity index (χ1) is 17.0. The standard InChI is InChI=1S/C26H26N2O6S2/c1-16-5-12-24-23(13-16)27-26(35(31)15-20-7-6-17(2)18(3)19(20)4)28(24)36(32,33)22-10-8-21(9-11-22)34-14-25(29)30/h5-13H,14-15H2,1-4H3,(H,29,30). The Morgan fingerprint density at radius 2 is 1.69 bits per heavy atom. The molecule has 3 aromatic carbocycles. The lowest BCUT2D eigenvalue weighted by Crippen LogP contribution is -2.18. The topological polar surface area (TPSA) is 116 Å². The van der Waals surface area contributed by atoms with Gasteiger partial charge in [-0.1, -0.05) is 18.2 Å². The summed E-state index contributed by atoms with van der Waals surface area (Å²) in [5.74, 6) is -0.804. The van der Waals surface area contributed by atoms with Crippen molar-refractivity contribution in [1.29, 1.82) is 0 Å². The van der Waals surface area contributed by atoms with E-state index in [-0.39, 0.29) is 21.6 Å². The Bertz CT molecular complexity index is 1610. The Morgan fingerprint density at radius 1 is 1.00 bits per heavy atom. The van der Waals surface area contributed by atoms with Crippen molar-refractivity contribution in [2.75, 3.05) is 6.61 Å². The van der Waals surface area contributed by atoms with Gasteiger partial charge in [0.05, 0.1) is 32.5 Å². The molecule has 1 aromatic heterocycles. The number of aromatic nitrogens is 2. The van der Waals surface area contributed by atoms with E-state index in [9.17, 15) is 17.4 Å². The van der Waals surface area contributed by atoms with Gasteiger partial charge in [0.25, 0.3) is 10.0 Å². The fourth-order valence-corrected chi connectivity index (χ4v) is 6.96. The zero-order chi connectivity index (χ0) is 26.2. The zero-order valence-corrected chi connectivity index (χ0v) is 21.9. The number of benzene rings is 3. The van der Waals surface area contributed by atoms with Gasteiger partial charge in [0.1, 0.15) is 5.75 Å². The van der Waals surface area contributed by atoms with Gasteiger partial charge >= 0.3 is 5.97 Å². The summed E-state index contributed by atoms with van der Waals surface area (Å²) in [6, 6.07) is 14.5. The number of hydrogen-bond donors (Lipinski definition) is 1. The molecule has 4 aromatic rings. The minimum Gasteiger partial charge on any atom is -0.482 e. The van der Waals surface area contributed by atoms with E-state index in [2.05, 4.69) is 4.98 Å².